The molecule has 21 heavy (non-hydrogen) atoms. The molecule has 0 amide bonds. The molecular formula is C15H26N2O3S. The monoisotopic (exact) mass is 314 g/mol. The van der Waals surface area contributed by atoms with Crippen molar-refractivity contribution in [2.45, 2.75) is 44.1 Å². The smallest absolute Gasteiger partial charge is 0.240 e. The molecule has 0 aliphatic carbocycles. The number of aryl methyl sites for hydroxylation is 1. The Morgan fingerprint density at radius 3 is 2.38 bits per heavy atom. The molecule has 0 fully saturated rings. The van der Waals surface area contributed by atoms with Crippen LogP contribution in [0.1, 0.15) is 32.8 Å². The molecule has 0 unspecified atom stereocenters. The van der Waals surface area contributed by atoms with Crippen LogP contribution in [0.2, 0.25) is 0 Å². The van der Waals surface area contributed by atoms with Gasteiger partial charge >= 0.3 is 0 Å². The maximum atomic E-state index is 12.2. The minimum absolute atomic E-state index is 0.234. The molecule has 0 saturated carbocycles. The molecule has 0 spiro atoms. The van der Waals surface area contributed by atoms with Gasteiger partial charge in [-0.15, -0.1) is 0 Å². The van der Waals surface area contributed by atoms with Gasteiger partial charge < -0.3 is 10.5 Å². The predicted octanol–water partition coefficient (Wildman–Crippen LogP) is 1.67. The number of benzene rings is 1. The summed E-state index contributed by atoms with van der Waals surface area (Å²) in [5, 5.41) is 0. The molecule has 1 aromatic rings. The number of sulfonamides is 1. The summed E-state index contributed by atoms with van der Waals surface area (Å²) < 4.78 is 32.5. The second-order valence-corrected chi connectivity index (χ2v) is 7.32. The Morgan fingerprint density at radius 1 is 1.24 bits per heavy atom. The van der Waals surface area contributed by atoms with E-state index in [0.717, 1.165) is 18.4 Å². The summed E-state index contributed by atoms with van der Waals surface area (Å²) in [4.78, 5) is 0.270. The van der Waals surface area contributed by atoms with E-state index in [2.05, 4.69) is 4.72 Å². The quantitative estimate of drug-likeness (QED) is 0.726. The Kier molecular flexibility index (Phi) is 6.80. The van der Waals surface area contributed by atoms with E-state index >= 15 is 0 Å². The first kappa shape index (κ1) is 18.1. The standard InChI is InChI=1S/C15H26N2O3S/c1-4-20-15(2,3)12-17-21(18,19)14-9-7-13(8-10-14)6-5-11-16/h7-10,17H,4-6,11-12,16H2,1-3H3. The van der Waals surface area contributed by atoms with Crippen LogP contribution in [-0.2, 0) is 21.2 Å². The van der Waals surface area contributed by atoms with Gasteiger partial charge in [0.25, 0.3) is 0 Å². The van der Waals surface area contributed by atoms with Crippen molar-refractivity contribution in [1.29, 1.82) is 0 Å². The van der Waals surface area contributed by atoms with Crippen molar-refractivity contribution in [3.8, 4) is 0 Å². The van der Waals surface area contributed by atoms with Crippen molar-refractivity contribution in [2.75, 3.05) is 19.7 Å². The van der Waals surface area contributed by atoms with Crippen molar-refractivity contribution in [1.82, 2.24) is 4.72 Å². The Balaban J connectivity index is 2.70. The average Bonchev–Trinajstić information content (AvgIpc) is 2.44. The normalized spacial score (nSPS) is 12.6. The molecule has 6 heteroatoms. The molecule has 0 aromatic heterocycles. The van der Waals surface area contributed by atoms with Crippen molar-refractivity contribution in [3.05, 3.63) is 29.8 Å². The number of hydrogen-bond acceptors (Lipinski definition) is 4. The van der Waals surface area contributed by atoms with Crippen molar-refractivity contribution in [3.63, 3.8) is 0 Å². The van der Waals surface area contributed by atoms with E-state index in [-0.39, 0.29) is 11.4 Å². The van der Waals surface area contributed by atoms with Crippen LogP contribution < -0.4 is 10.5 Å². The molecule has 1 aromatic carbocycles. The third-order valence-corrected chi connectivity index (χ3v) is 4.54. The van der Waals surface area contributed by atoms with Crippen LogP contribution in [0.15, 0.2) is 29.2 Å². The molecule has 0 saturated heterocycles. The molecule has 0 heterocycles. The van der Waals surface area contributed by atoms with Gasteiger partial charge in [-0.25, -0.2) is 13.1 Å². The number of rotatable bonds is 9. The lowest BCUT2D eigenvalue weighted by atomic mass is 10.1. The number of nitrogens with two attached hydrogens (primary N) is 1. The molecule has 3 N–H and O–H groups in total. The van der Waals surface area contributed by atoms with E-state index in [1.165, 1.54) is 0 Å². The topological polar surface area (TPSA) is 81.4 Å². The summed E-state index contributed by atoms with van der Waals surface area (Å²) in [6, 6.07) is 6.92. The van der Waals surface area contributed by atoms with Gasteiger partial charge in [0.1, 0.15) is 0 Å². The van der Waals surface area contributed by atoms with E-state index in [0.29, 0.717) is 13.2 Å². The molecule has 0 radical (unpaired) electrons. The summed E-state index contributed by atoms with van der Waals surface area (Å²) in [7, 11) is -3.50. The van der Waals surface area contributed by atoms with Gasteiger partial charge in [-0.1, -0.05) is 12.1 Å². The van der Waals surface area contributed by atoms with Crippen LogP contribution in [0, 0.1) is 0 Å². The Labute approximate surface area is 127 Å². The highest BCUT2D eigenvalue weighted by Crippen LogP contribution is 2.14. The van der Waals surface area contributed by atoms with Crippen molar-refractivity contribution < 1.29 is 13.2 Å². The minimum atomic E-state index is -3.50. The molecule has 0 bridgehead atoms. The summed E-state index contributed by atoms with van der Waals surface area (Å²) in [6.45, 7) is 7.01. The number of ether oxygens (including phenoxy) is 1. The van der Waals surface area contributed by atoms with Crippen LogP contribution in [-0.4, -0.2) is 33.7 Å². The highest BCUT2D eigenvalue weighted by atomic mass is 32.2. The van der Waals surface area contributed by atoms with Gasteiger partial charge in [-0.05, 0) is 57.9 Å². The third kappa shape index (κ3) is 6.13. The highest BCUT2D eigenvalue weighted by molar-refractivity contribution is 7.89. The Bertz CT molecular complexity index is 524. The lowest BCUT2D eigenvalue weighted by Gasteiger charge is -2.24. The first-order valence-corrected chi connectivity index (χ1v) is 8.71. The van der Waals surface area contributed by atoms with Gasteiger partial charge in [0.05, 0.1) is 10.5 Å². The molecule has 120 valence electrons. The van der Waals surface area contributed by atoms with E-state index in [4.69, 9.17) is 10.5 Å². The summed E-state index contributed by atoms with van der Waals surface area (Å²) in [5.41, 5.74) is 6.03. The lowest BCUT2D eigenvalue weighted by molar-refractivity contribution is -0.00515. The summed E-state index contributed by atoms with van der Waals surface area (Å²) >= 11 is 0. The maximum Gasteiger partial charge on any atom is 0.240 e. The summed E-state index contributed by atoms with van der Waals surface area (Å²) in [5.74, 6) is 0. The van der Waals surface area contributed by atoms with Gasteiger partial charge in [0, 0.05) is 13.2 Å². The van der Waals surface area contributed by atoms with Crippen LogP contribution >= 0.6 is 0 Å². The van der Waals surface area contributed by atoms with Gasteiger partial charge in [0.2, 0.25) is 10.0 Å². The zero-order valence-corrected chi connectivity index (χ0v) is 13.9. The second kappa shape index (κ2) is 7.89. The molecule has 0 aliphatic heterocycles. The Hall–Kier alpha value is -0.950. The largest absolute Gasteiger partial charge is 0.375 e. The lowest BCUT2D eigenvalue weighted by Crippen LogP contribution is -2.40. The summed E-state index contributed by atoms with van der Waals surface area (Å²) in [6.07, 6.45) is 1.76. The van der Waals surface area contributed by atoms with Gasteiger partial charge in [-0.2, -0.15) is 0 Å². The molecular weight excluding hydrogens is 288 g/mol. The molecule has 0 atom stereocenters. The van der Waals surface area contributed by atoms with E-state index < -0.39 is 15.6 Å². The fraction of sp³-hybridized carbons (Fsp3) is 0.600. The molecule has 1 rings (SSSR count). The zero-order valence-electron chi connectivity index (χ0n) is 13.1. The zero-order chi connectivity index (χ0) is 15.9. The molecule has 0 aliphatic rings. The van der Waals surface area contributed by atoms with Crippen LogP contribution in [0.5, 0.6) is 0 Å². The average molecular weight is 314 g/mol. The number of nitrogens with one attached hydrogen (secondary N) is 1. The van der Waals surface area contributed by atoms with Gasteiger partial charge in [0.15, 0.2) is 0 Å². The Morgan fingerprint density at radius 2 is 1.86 bits per heavy atom. The predicted molar refractivity (Wildman–Crippen MR) is 84.7 cm³/mol. The second-order valence-electron chi connectivity index (χ2n) is 5.55. The fourth-order valence-electron chi connectivity index (χ4n) is 1.94. The SMILES string of the molecule is CCOC(C)(C)CNS(=O)(=O)c1ccc(CCCN)cc1. The van der Waals surface area contributed by atoms with Crippen LogP contribution in [0.25, 0.3) is 0 Å². The number of hydrogen-bond donors (Lipinski definition) is 2. The fourth-order valence-corrected chi connectivity index (χ4v) is 3.13. The minimum Gasteiger partial charge on any atom is -0.375 e. The maximum absolute atomic E-state index is 12.2. The first-order valence-electron chi connectivity index (χ1n) is 7.23. The third-order valence-electron chi connectivity index (χ3n) is 3.13. The van der Waals surface area contributed by atoms with Gasteiger partial charge in [-0.3, -0.25) is 0 Å². The highest BCUT2D eigenvalue weighted by Gasteiger charge is 2.22. The molecule has 5 nitrogen and oxygen atoms in total. The first-order chi connectivity index (χ1) is 9.80. The van der Waals surface area contributed by atoms with E-state index in [1.807, 2.05) is 32.9 Å². The van der Waals surface area contributed by atoms with Crippen molar-refractivity contribution >= 4 is 10.0 Å². The van der Waals surface area contributed by atoms with Crippen LogP contribution in [0.4, 0.5) is 0 Å². The van der Waals surface area contributed by atoms with Crippen LogP contribution in [0.3, 0.4) is 0 Å². The van der Waals surface area contributed by atoms with E-state index in [1.54, 1.807) is 12.1 Å². The van der Waals surface area contributed by atoms with Crippen molar-refractivity contribution in [2.24, 2.45) is 5.73 Å². The van der Waals surface area contributed by atoms with E-state index in [9.17, 15) is 8.42 Å².